The molecule has 2 atom stereocenters. The summed E-state index contributed by atoms with van der Waals surface area (Å²) in [6, 6.07) is 17.9. The first-order valence-corrected chi connectivity index (χ1v) is 20.1. The van der Waals surface area contributed by atoms with Crippen molar-refractivity contribution >= 4 is 50.7 Å². The fourth-order valence-corrected chi connectivity index (χ4v) is 10.2. The van der Waals surface area contributed by atoms with Gasteiger partial charge in [-0.25, -0.2) is 17.9 Å². The summed E-state index contributed by atoms with van der Waals surface area (Å²) in [5.74, 6) is 1.00. The highest BCUT2D eigenvalue weighted by molar-refractivity contribution is 7.92. The monoisotopic (exact) mass is 711 g/mol. The Morgan fingerprint density at radius 1 is 1.00 bits per heavy atom. The molecule has 9 nitrogen and oxygen atoms in total. The first-order valence-electron chi connectivity index (χ1n) is 17.4. The normalized spacial score (nSPS) is 20.1. The van der Waals surface area contributed by atoms with Crippen LogP contribution in [0.4, 0.5) is 16.3 Å². The van der Waals surface area contributed by atoms with E-state index in [4.69, 9.17) is 5.10 Å². The number of aromatic nitrogens is 2. The molecule has 0 saturated carbocycles. The lowest BCUT2D eigenvalue weighted by atomic mass is 9.85. The Labute approximate surface area is 298 Å². The number of urea groups is 1. The predicted octanol–water partition coefficient (Wildman–Crippen LogP) is 8.17. The van der Waals surface area contributed by atoms with E-state index in [2.05, 4.69) is 42.4 Å². The second kappa shape index (κ2) is 13.2. The third kappa shape index (κ3) is 6.90. The maximum atomic E-state index is 14.0. The maximum absolute atomic E-state index is 14.0. The topological polar surface area (TPSA) is 113 Å². The van der Waals surface area contributed by atoms with Crippen molar-refractivity contribution in [1.29, 1.82) is 0 Å². The van der Waals surface area contributed by atoms with Gasteiger partial charge in [0.05, 0.1) is 16.3 Å². The molecule has 0 radical (unpaired) electrons. The maximum Gasteiger partial charge on any atom is 0.324 e. The number of benzene rings is 2. The van der Waals surface area contributed by atoms with Crippen LogP contribution in [0, 0.1) is 12.8 Å². The van der Waals surface area contributed by atoms with Crippen molar-refractivity contribution in [1.82, 2.24) is 14.7 Å². The first-order chi connectivity index (χ1) is 23.7. The van der Waals surface area contributed by atoms with Gasteiger partial charge in [-0.15, -0.1) is 11.3 Å². The smallest absolute Gasteiger partial charge is 0.324 e. The summed E-state index contributed by atoms with van der Waals surface area (Å²) in [4.78, 5) is 30.0. The average molecular weight is 712 g/mol. The van der Waals surface area contributed by atoms with Gasteiger partial charge < -0.3 is 10.2 Å². The van der Waals surface area contributed by atoms with E-state index in [0.29, 0.717) is 38.5 Å². The quantitative estimate of drug-likeness (QED) is 0.201. The van der Waals surface area contributed by atoms with Crippen LogP contribution in [-0.2, 0) is 28.1 Å². The molecule has 2 aromatic carbocycles. The van der Waals surface area contributed by atoms with Crippen LogP contribution in [-0.4, -0.2) is 53.4 Å². The minimum atomic E-state index is -3.43. The summed E-state index contributed by atoms with van der Waals surface area (Å²) in [5, 5.41) is 10.9. The number of thiophene rings is 1. The molecule has 0 spiro atoms. The second-order valence-electron chi connectivity index (χ2n) is 15.2. The van der Waals surface area contributed by atoms with Crippen LogP contribution in [0.25, 0.3) is 11.8 Å². The van der Waals surface area contributed by atoms with E-state index in [1.165, 1.54) is 6.26 Å². The Balaban J connectivity index is 1.02. The zero-order valence-electron chi connectivity index (χ0n) is 29.3. The number of rotatable bonds is 7. The van der Waals surface area contributed by atoms with Crippen LogP contribution in [0.1, 0.15) is 90.5 Å². The molecule has 2 fully saturated rings. The summed E-state index contributed by atoms with van der Waals surface area (Å²) >= 11 is 1.15. The number of hydrogen-bond donors (Lipinski definition) is 2. The first kappa shape index (κ1) is 34.2. The van der Waals surface area contributed by atoms with Crippen molar-refractivity contribution in [2.75, 3.05) is 16.9 Å². The standard InChI is InChI=1S/C39H45N5O4S2/c1-24-13-15-28(16-14-24)44-34(23-33(42-44)39(2,3)4)41-38(46)40-27-10-8-9-25(20-27)19-26-21-29-17-18-30(22-26)43(29)36(45)35-31-11-6-7-12-32(31)37(49-35)50(5,47)48/h7-10,12-16,20,23,26,29-30H,6,11,17-19,21-22H2,1-5H3,(H2,40,41,46). The highest BCUT2D eigenvalue weighted by Crippen LogP contribution is 2.44. The number of carbonyl (C=O) groups is 2. The number of allylic oxidation sites excluding steroid dienone is 1. The molecular formula is C39H45N5O4S2. The van der Waals surface area contributed by atoms with Crippen LogP contribution in [0.15, 0.2) is 64.9 Å². The average Bonchev–Trinajstić information content (AvgIpc) is 3.73. The van der Waals surface area contributed by atoms with Gasteiger partial charge in [-0.2, -0.15) is 5.10 Å². The van der Waals surface area contributed by atoms with Gasteiger partial charge in [-0.05, 0) is 93.2 Å². The van der Waals surface area contributed by atoms with Crippen molar-refractivity contribution in [3.8, 4) is 5.69 Å². The van der Waals surface area contributed by atoms with Crippen molar-refractivity contribution in [3.05, 3.63) is 93.5 Å². The molecule has 2 aromatic heterocycles. The van der Waals surface area contributed by atoms with E-state index in [1.54, 1.807) is 4.68 Å². The third-order valence-corrected chi connectivity index (χ3v) is 13.2. The molecule has 3 aliphatic rings. The zero-order valence-corrected chi connectivity index (χ0v) is 31.0. The largest absolute Gasteiger partial charge is 0.332 e. The lowest BCUT2D eigenvalue weighted by Gasteiger charge is -2.39. The number of hydrogen-bond acceptors (Lipinski definition) is 6. The highest BCUT2D eigenvalue weighted by atomic mass is 32.2. The molecule has 2 aliphatic heterocycles. The summed E-state index contributed by atoms with van der Waals surface area (Å²) in [6.45, 7) is 8.34. The predicted molar refractivity (Wildman–Crippen MR) is 200 cm³/mol. The minimum Gasteiger partial charge on any atom is -0.332 e. The van der Waals surface area contributed by atoms with Crippen molar-refractivity contribution in [3.63, 3.8) is 0 Å². The molecule has 2 N–H and O–H groups in total. The second-order valence-corrected chi connectivity index (χ2v) is 18.4. The number of amides is 3. The van der Waals surface area contributed by atoms with Gasteiger partial charge in [0.1, 0.15) is 10.0 Å². The number of anilines is 2. The van der Waals surface area contributed by atoms with Crippen molar-refractivity contribution < 1.29 is 18.0 Å². The molecule has 2 bridgehead atoms. The van der Waals surface area contributed by atoms with Gasteiger partial charge in [-0.1, -0.05) is 62.8 Å². The lowest BCUT2D eigenvalue weighted by Crippen LogP contribution is -2.46. The molecule has 2 saturated heterocycles. The van der Waals surface area contributed by atoms with Gasteiger partial charge in [0.25, 0.3) is 5.91 Å². The molecule has 2 unspecified atom stereocenters. The zero-order chi connectivity index (χ0) is 35.4. The van der Waals surface area contributed by atoms with Gasteiger partial charge in [-0.3, -0.25) is 10.1 Å². The van der Waals surface area contributed by atoms with E-state index in [-0.39, 0.29) is 29.4 Å². The SMILES string of the molecule is Cc1ccc(-n2nc(C(C)(C)C)cc2NC(=O)Nc2cccc(CC3CC4CCC(C3)N4C(=O)c3sc(S(C)(=O)=O)c4c3CCC=C4)c2)cc1. The van der Waals surface area contributed by atoms with Crippen LogP contribution in [0.5, 0.6) is 0 Å². The van der Waals surface area contributed by atoms with Gasteiger partial charge in [0.15, 0.2) is 9.84 Å². The minimum absolute atomic E-state index is 0.00190. The Kier molecular flexibility index (Phi) is 9.01. The van der Waals surface area contributed by atoms with Crippen LogP contribution in [0.2, 0.25) is 0 Å². The number of sulfone groups is 1. The van der Waals surface area contributed by atoms with E-state index in [9.17, 15) is 18.0 Å². The van der Waals surface area contributed by atoms with E-state index >= 15 is 0 Å². The number of nitrogens with zero attached hydrogens (tertiary/aromatic N) is 3. The number of piperidine rings is 1. The fraction of sp³-hybridized carbons (Fsp3) is 0.410. The summed E-state index contributed by atoms with van der Waals surface area (Å²) < 4.78 is 27.2. The van der Waals surface area contributed by atoms with E-state index in [1.807, 2.05) is 67.6 Å². The van der Waals surface area contributed by atoms with Gasteiger partial charge in [0, 0.05) is 41.1 Å². The van der Waals surface area contributed by atoms with Crippen molar-refractivity contribution in [2.45, 2.75) is 94.3 Å². The Morgan fingerprint density at radius 2 is 1.72 bits per heavy atom. The van der Waals surface area contributed by atoms with Gasteiger partial charge in [0.2, 0.25) is 0 Å². The molecule has 1 aliphatic carbocycles. The highest BCUT2D eigenvalue weighted by Gasteiger charge is 2.44. The number of carbonyl (C=O) groups excluding carboxylic acids is 2. The molecule has 50 heavy (non-hydrogen) atoms. The van der Waals surface area contributed by atoms with Crippen molar-refractivity contribution in [2.24, 2.45) is 5.92 Å². The van der Waals surface area contributed by atoms with Gasteiger partial charge >= 0.3 is 6.03 Å². The van der Waals surface area contributed by atoms with E-state index < -0.39 is 9.84 Å². The molecule has 3 amide bonds. The van der Waals surface area contributed by atoms with Crippen LogP contribution >= 0.6 is 11.3 Å². The number of aryl methyl sites for hydroxylation is 1. The number of fused-ring (bicyclic) bond motifs is 3. The fourth-order valence-electron chi connectivity index (χ4n) is 7.76. The Bertz CT molecular complexity index is 2070. The summed E-state index contributed by atoms with van der Waals surface area (Å²) in [7, 11) is -3.43. The summed E-state index contributed by atoms with van der Waals surface area (Å²) in [5.41, 5.74) is 6.17. The lowest BCUT2D eigenvalue weighted by molar-refractivity contribution is 0.0528. The Morgan fingerprint density at radius 3 is 2.40 bits per heavy atom. The molecule has 4 aromatic rings. The molecule has 4 heterocycles. The van der Waals surface area contributed by atoms with Crippen LogP contribution in [0.3, 0.4) is 0 Å². The van der Waals surface area contributed by atoms with E-state index in [0.717, 1.165) is 77.9 Å². The molecule has 262 valence electrons. The third-order valence-electron chi connectivity index (χ3n) is 10.2. The number of nitrogens with one attached hydrogen (secondary N) is 2. The Hall–Kier alpha value is -4.22. The van der Waals surface area contributed by atoms with Crippen LogP contribution < -0.4 is 10.6 Å². The molecular weight excluding hydrogens is 667 g/mol. The molecule has 11 heteroatoms. The molecule has 7 rings (SSSR count). The summed E-state index contributed by atoms with van der Waals surface area (Å²) in [6.07, 6.45) is 11.2.